The smallest absolute Gasteiger partial charge is 0.436 e. The van der Waals surface area contributed by atoms with E-state index < -0.39 is 34.8 Å². The second-order valence-electron chi connectivity index (χ2n) is 6.70. The Hall–Kier alpha value is -4.33. The monoisotopic (exact) mass is 460 g/mol. The van der Waals surface area contributed by atoms with Crippen LogP contribution in [-0.2, 0) is 9.53 Å². The van der Waals surface area contributed by atoms with Crippen molar-refractivity contribution in [3.05, 3.63) is 80.5 Å². The summed E-state index contributed by atoms with van der Waals surface area (Å²) in [6.07, 6.45) is -6.76. The molecule has 0 aliphatic carbocycles. The minimum absolute atomic E-state index is 0.103. The average molecular weight is 460 g/mol. The maximum Gasteiger partial charge on any atom is 0.436 e. The molecule has 1 unspecified atom stereocenters. The van der Waals surface area contributed by atoms with Crippen LogP contribution in [0.25, 0.3) is 6.08 Å². The number of alkyl halides is 3. The third kappa shape index (κ3) is 5.68. The lowest BCUT2D eigenvalue weighted by Gasteiger charge is -2.24. The van der Waals surface area contributed by atoms with Crippen LogP contribution in [0.15, 0.2) is 48.2 Å². The molecular weight excluding hydrogens is 445 g/mol. The van der Waals surface area contributed by atoms with Crippen molar-refractivity contribution in [3.63, 3.8) is 0 Å². The van der Waals surface area contributed by atoms with E-state index in [2.05, 4.69) is 21.9 Å². The van der Waals surface area contributed by atoms with E-state index in [0.29, 0.717) is 16.7 Å². The summed E-state index contributed by atoms with van der Waals surface area (Å²) in [5.41, 5.74) is 0.216. The molecule has 1 N–H and O–H groups in total. The summed E-state index contributed by atoms with van der Waals surface area (Å²) in [7, 11) is 1.20. The highest BCUT2D eigenvalue weighted by Gasteiger charge is 2.51. The van der Waals surface area contributed by atoms with Crippen LogP contribution in [0, 0.1) is 22.0 Å². The Bertz CT molecular complexity index is 1190. The van der Waals surface area contributed by atoms with Gasteiger partial charge in [-0.05, 0) is 42.5 Å². The van der Waals surface area contributed by atoms with Crippen molar-refractivity contribution in [3.8, 4) is 17.6 Å². The minimum Gasteiger partial charge on any atom is -0.469 e. The molecule has 11 heteroatoms. The number of benzene rings is 2. The summed E-state index contributed by atoms with van der Waals surface area (Å²) in [5.74, 6) is 4.43. The van der Waals surface area contributed by atoms with Gasteiger partial charge in [0.2, 0.25) is 0 Å². The summed E-state index contributed by atoms with van der Waals surface area (Å²) in [6.45, 7) is -0.269. The second-order valence-corrected chi connectivity index (χ2v) is 6.70. The number of carbonyl (C=O) groups is 2. The Kier molecular flexibility index (Phi) is 6.67. The van der Waals surface area contributed by atoms with Crippen molar-refractivity contribution < 1.29 is 37.2 Å². The molecule has 3 rings (SSSR count). The second kappa shape index (κ2) is 9.44. The fourth-order valence-corrected chi connectivity index (χ4v) is 2.83. The molecule has 0 saturated carbocycles. The number of esters is 1. The molecule has 8 nitrogen and oxygen atoms in total. The van der Waals surface area contributed by atoms with Crippen LogP contribution < -0.4 is 10.1 Å². The SMILES string of the molecule is COC(=O)CNC(=O)c1ccc(C#Cc2ccc3c(c2)C=C([N+](=O)[O-])C(C(F)(F)F)O3)cc1. The first-order valence-corrected chi connectivity index (χ1v) is 9.29. The summed E-state index contributed by atoms with van der Waals surface area (Å²) in [6, 6.07) is 10.2. The van der Waals surface area contributed by atoms with Crippen LogP contribution >= 0.6 is 0 Å². The number of fused-ring (bicyclic) bond motifs is 1. The summed E-state index contributed by atoms with van der Waals surface area (Å²) in [5, 5.41) is 13.5. The Morgan fingerprint density at radius 1 is 1.15 bits per heavy atom. The molecule has 33 heavy (non-hydrogen) atoms. The predicted molar refractivity (Wildman–Crippen MR) is 109 cm³/mol. The van der Waals surface area contributed by atoms with Gasteiger partial charge in [-0.25, -0.2) is 0 Å². The Balaban J connectivity index is 1.77. The van der Waals surface area contributed by atoms with Crippen LogP contribution in [0.4, 0.5) is 13.2 Å². The zero-order valence-electron chi connectivity index (χ0n) is 16.9. The highest BCUT2D eigenvalue weighted by molar-refractivity contribution is 5.96. The van der Waals surface area contributed by atoms with Gasteiger partial charge in [-0.2, -0.15) is 13.2 Å². The lowest BCUT2D eigenvalue weighted by molar-refractivity contribution is -0.443. The number of hydrogen-bond acceptors (Lipinski definition) is 6. The molecular formula is C22H15F3N2O6. The summed E-state index contributed by atoms with van der Waals surface area (Å²) in [4.78, 5) is 33.0. The van der Waals surface area contributed by atoms with E-state index in [1.54, 1.807) is 12.1 Å². The molecule has 0 aromatic heterocycles. The number of methoxy groups -OCH3 is 1. The van der Waals surface area contributed by atoms with Crippen molar-refractivity contribution in [1.82, 2.24) is 5.32 Å². The van der Waals surface area contributed by atoms with Crippen molar-refractivity contribution in [2.75, 3.05) is 13.7 Å². The van der Waals surface area contributed by atoms with E-state index in [4.69, 9.17) is 4.74 Å². The number of nitrogens with zero attached hydrogens (tertiary/aromatic N) is 1. The standard InChI is InChI=1S/C22H15F3N2O6/c1-32-19(28)12-26-21(29)15-7-4-13(5-8-15)2-3-14-6-9-18-16(10-14)11-17(27(30)31)20(33-18)22(23,24)25/h4-11,20H,12H2,1H3,(H,26,29). The topological polar surface area (TPSA) is 108 Å². The molecule has 0 fully saturated rings. The van der Waals surface area contributed by atoms with Crippen LogP contribution in [-0.4, -0.2) is 42.7 Å². The maximum atomic E-state index is 13.1. The first-order valence-electron chi connectivity index (χ1n) is 9.29. The van der Waals surface area contributed by atoms with Crippen molar-refractivity contribution in [2.24, 2.45) is 0 Å². The Morgan fingerprint density at radius 2 is 1.79 bits per heavy atom. The van der Waals surface area contributed by atoms with E-state index in [0.717, 1.165) is 6.08 Å². The third-order valence-electron chi connectivity index (χ3n) is 4.45. The summed E-state index contributed by atoms with van der Waals surface area (Å²) < 4.78 is 48.5. The van der Waals surface area contributed by atoms with Crippen LogP contribution in [0.3, 0.4) is 0 Å². The number of carbonyl (C=O) groups excluding carboxylic acids is 2. The third-order valence-corrected chi connectivity index (χ3v) is 4.45. The lowest BCUT2D eigenvalue weighted by Crippen LogP contribution is -2.40. The highest BCUT2D eigenvalue weighted by Crippen LogP contribution is 2.37. The van der Waals surface area contributed by atoms with Gasteiger partial charge < -0.3 is 14.8 Å². The van der Waals surface area contributed by atoms with E-state index in [-0.39, 0.29) is 17.9 Å². The zero-order valence-corrected chi connectivity index (χ0v) is 16.9. The quantitative estimate of drug-likeness (QED) is 0.325. The lowest BCUT2D eigenvalue weighted by atomic mass is 10.0. The highest BCUT2D eigenvalue weighted by atomic mass is 19.4. The van der Waals surface area contributed by atoms with Gasteiger partial charge in [-0.1, -0.05) is 11.8 Å². The molecule has 2 aromatic rings. The molecule has 1 aliphatic rings. The number of nitro groups is 1. The van der Waals surface area contributed by atoms with Gasteiger partial charge in [0, 0.05) is 28.3 Å². The molecule has 2 aromatic carbocycles. The molecule has 0 saturated heterocycles. The van der Waals surface area contributed by atoms with Gasteiger partial charge in [0.05, 0.1) is 12.0 Å². The number of amides is 1. The molecule has 0 spiro atoms. The first kappa shape index (κ1) is 23.3. The van der Waals surface area contributed by atoms with Crippen LogP contribution in [0.2, 0.25) is 0 Å². The van der Waals surface area contributed by atoms with Crippen LogP contribution in [0.1, 0.15) is 27.0 Å². The minimum atomic E-state index is -4.93. The van der Waals surface area contributed by atoms with Gasteiger partial charge in [0.25, 0.3) is 17.7 Å². The number of halogens is 3. The number of hydrogen-bond donors (Lipinski definition) is 1. The fraction of sp³-hybridized carbons (Fsp3) is 0.182. The first-order chi connectivity index (χ1) is 15.6. The Labute approximate surface area is 185 Å². The van der Waals surface area contributed by atoms with E-state index >= 15 is 0 Å². The average Bonchev–Trinajstić information content (AvgIpc) is 2.79. The molecule has 1 aliphatic heterocycles. The van der Waals surface area contributed by atoms with E-state index in [9.17, 15) is 32.9 Å². The fourth-order valence-electron chi connectivity index (χ4n) is 2.83. The van der Waals surface area contributed by atoms with E-state index in [1.165, 1.54) is 37.4 Å². The number of nitrogens with one attached hydrogen (secondary N) is 1. The largest absolute Gasteiger partial charge is 0.469 e. The van der Waals surface area contributed by atoms with Gasteiger partial charge in [-0.15, -0.1) is 0 Å². The van der Waals surface area contributed by atoms with Gasteiger partial charge in [-0.3, -0.25) is 19.7 Å². The predicted octanol–water partition coefficient (Wildman–Crippen LogP) is 2.93. The van der Waals surface area contributed by atoms with Crippen molar-refractivity contribution >= 4 is 18.0 Å². The van der Waals surface area contributed by atoms with Crippen LogP contribution in [0.5, 0.6) is 5.75 Å². The molecule has 0 radical (unpaired) electrons. The van der Waals surface area contributed by atoms with E-state index in [1.807, 2.05) is 0 Å². The molecule has 1 amide bonds. The zero-order chi connectivity index (χ0) is 24.2. The Morgan fingerprint density at radius 3 is 2.39 bits per heavy atom. The molecule has 170 valence electrons. The maximum absolute atomic E-state index is 13.1. The summed E-state index contributed by atoms with van der Waals surface area (Å²) >= 11 is 0. The van der Waals surface area contributed by atoms with Gasteiger partial charge in [0.1, 0.15) is 12.3 Å². The molecule has 0 bridgehead atoms. The normalized spacial score (nSPS) is 14.5. The molecule has 1 atom stereocenters. The molecule has 1 heterocycles. The number of rotatable bonds is 4. The van der Waals surface area contributed by atoms with Gasteiger partial charge in [0.15, 0.2) is 0 Å². The number of ether oxygens (including phenoxy) is 2. The van der Waals surface area contributed by atoms with Gasteiger partial charge >= 0.3 is 12.1 Å². The van der Waals surface area contributed by atoms with Crippen molar-refractivity contribution in [2.45, 2.75) is 12.3 Å². The van der Waals surface area contributed by atoms with Crippen molar-refractivity contribution in [1.29, 1.82) is 0 Å².